The van der Waals surface area contributed by atoms with Crippen LogP contribution < -0.4 is 4.74 Å². The van der Waals surface area contributed by atoms with Crippen molar-refractivity contribution in [3.05, 3.63) is 46.4 Å². The number of ether oxygens (including phenoxy) is 2. The number of carbonyl (C=O) groups excluding carboxylic acids is 1. The molecule has 0 unspecified atom stereocenters. The first kappa shape index (κ1) is 11.6. The molecule has 2 aromatic rings. The lowest BCUT2D eigenvalue weighted by Crippen LogP contribution is -2.00. The van der Waals surface area contributed by atoms with Crippen molar-refractivity contribution in [3.63, 3.8) is 0 Å². The molecule has 0 aliphatic heterocycles. The maximum absolute atomic E-state index is 11.2. The van der Waals surface area contributed by atoms with Crippen LogP contribution in [0.3, 0.4) is 0 Å². The van der Waals surface area contributed by atoms with Crippen molar-refractivity contribution in [2.75, 3.05) is 7.11 Å². The highest BCUT2D eigenvalue weighted by molar-refractivity contribution is 7.09. The van der Waals surface area contributed by atoms with Gasteiger partial charge in [0.05, 0.1) is 23.1 Å². The molecule has 1 aromatic carbocycles. The lowest BCUT2D eigenvalue weighted by molar-refractivity contribution is 0.0600. The Labute approximate surface area is 103 Å². The molecule has 0 radical (unpaired) electrons. The second-order valence-electron chi connectivity index (χ2n) is 3.27. The number of benzene rings is 1. The molecule has 0 saturated heterocycles. The fourth-order valence-electron chi connectivity index (χ4n) is 1.27. The molecule has 88 valence electrons. The van der Waals surface area contributed by atoms with Crippen LogP contribution in [-0.2, 0) is 11.3 Å². The Kier molecular flexibility index (Phi) is 3.72. The first-order valence-electron chi connectivity index (χ1n) is 4.98. The van der Waals surface area contributed by atoms with E-state index in [-0.39, 0.29) is 5.97 Å². The molecule has 0 spiro atoms. The van der Waals surface area contributed by atoms with Gasteiger partial charge in [-0.25, -0.2) is 4.79 Å². The average Bonchev–Trinajstić information content (AvgIpc) is 2.89. The Bertz CT molecular complexity index is 479. The highest BCUT2D eigenvalue weighted by Gasteiger charge is 2.04. The Morgan fingerprint density at radius 1 is 1.35 bits per heavy atom. The van der Waals surface area contributed by atoms with Crippen molar-refractivity contribution in [1.29, 1.82) is 0 Å². The van der Waals surface area contributed by atoms with Crippen molar-refractivity contribution < 1.29 is 14.3 Å². The van der Waals surface area contributed by atoms with Crippen LogP contribution in [0.2, 0.25) is 0 Å². The number of hydrogen-bond acceptors (Lipinski definition) is 5. The third-order valence-corrected chi connectivity index (χ3v) is 2.89. The van der Waals surface area contributed by atoms with E-state index in [1.54, 1.807) is 47.3 Å². The van der Waals surface area contributed by atoms with Crippen LogP contribution >= 0.6 is 11.3 Å². The van der Waals surface area contributed by atoms with Gasteiger partial charge in [-0.3, -0.25) is 4.98 Å². The van der Waals surface area contributed by atoms with Gasteiger partial charge in [0.15, 0.2) is 0 Å². The van der Waals surface area contributed by atoms with Gasteiger partial charge in [0.2, 0.25) is 0 Å². The van der Waals surface area contributed by atoms with E-state index in [0.717, 1.165) is 4.88 Å². The number of methoxy groups -OCH3 is 1. The fraction of sp³-hybridized carbons (Fsp3) is 0.167. The van der Waals surface area contributed by atoms with Crippen molar-refractivity contribution in [1.82, 2.24) is 4.98 Å². The Morgan fingerprint density at radius 2 is 2.12 bits per heavy atom. The minimum Gasteiger partial charge on any atom is -0.488 e. The molecule has 1 heterocycles. The third kappa shape index (κ3) is 3.04. The zero-order chi connectivity index (χ0) is 12.1. The molecule has 0 atom stereocenters. The lowest BCUT2D eigenvalue weighted by Gasteiger charge is -2.05. The van der Waals surface area contributed by atoms with Gasteiger partial charge in [-0.2, -0.15) is 0 Å². The van der Waals surface area contributed by atoms with E-state index in [0.29, 0.717) is 17.9 Å². The molecular weight excluding hydrogens is 238 g/mol. The predicted octanol–water partition coefficient (Wildman–Crippen LogP) is 2.51. The van der Waals surface area contributed by atoms with Crippen LogP contribution in [0.1, 0.15) is 15.2 Å². The Balaban J connectivity index is 1.96. The summed E-state index contributed by atoms with van der Waals surface area (Å²) in [7, 11) is 1.36. The van der Waals surface area contributed by atoms with Crippen LogP contribution in [0.25, 0.3) is 0 Å². The van der Waals surface area contributed by atoms with Gasteiger partial charge < -0.3 is 9.47 Å². The van der Waals surface area contributed by atoms with E-state index < -0.39 is 0 Å². The van der Waals surface area contributed by atoms with E-state index in [9.17, 15) is 4.79 Å². The second-order valence-corrected chi connectivity index (χ2v) is 4.24. The topological polar surface area (TPSA) is 48.4 Å². The summed E-state index contributed by atoms with van der Waals surface area (Å²) in [6.45, 7) is 0.488. The van der Waals surface area contributed by atoms with E-state index in [4.69, 9.17) is 4.74 Å². The molecule has 17 heavy (non-hydrogen) atoms. The molecular formula is C12H11NO3S. The van der Waals surface area contributed by atoms with Crippen molar-refractivity contribution in [2.45, 2.75) is 6.61 Å². The van der Waals surface area contributed by atoms with Crippen LogP contribution in [0, 0.1) is 0 Å². The summed E-state index contributed by atoms with van der Waals surface area (Å²) in [5, 5.41) is 0. The molecule has 2 rings (SSSR count). The number of thiazole rings is 1. The van der Waals surface area contributed by atoms with Gasteiger partial charge in [0.1, 0.15) is 12.4 Å². The van der Waals surface area contributed by atoms with Crippen molar-refractivity contribution >= 4 is 17.3 Å². The van der Waals surface area contributed by atoms with Gasteiger partial charge in [-0.1, -0.05) is 0 Å². The molecule has 0 bridgehead atoms. The van der Waals surface area contributed by atoms with E-state index in [1.807, 2.05) is 0 Å². The molecule has 0 N–H and O–H groups in total. The molecule has 0 amide bonds. The monoisotopic (exact) mass is 249 g/mol. The van der Waals surface area contributed by atoms with E-state index in [2.05, 4.69) is 9.72 Å². The van der Waals surface area contributed by atoms with Crippen LogP contribution in [-0.4, -0.2) is 18.1 Å². The third-order valence-electron chi connectivity index (χ3n) is 2.14. The quantitative estimate of drug-likeness (QED) is 0.781. The average molecular weight is 249 g/mol. The molecule has 0 fully saturated rings. The molecule has 0 aliphatic carbocycles. The van der Waals surface area contributed by atoms with Gasteiger partial charge in [-0.05, 0) is 24.3 Å². The summed E-state index contributed by atoms with van der Waals surface area (Å²) in [6, 6.07) is 6.84. The van der Waals surface area contributed by atoms with Crippen LogP contribution in [0.5, 0.6) is 5.75 Å². The zero-order valence-electron chi connectivity index (χ0n) is 9.25. The second kappa shape index (κ2) is 5.45. The first-order valence-corrected chi connectivity index (χ1v) is 5.86. The summed E-state index contributed by atoms with van der Waals surface area (Å²) < 4.78 is 10.1. The maximum Gasteiger partial charge on any atom is 0.337 e. The number of nitrogens with zero attached hydrogens (tertiary/aromatic N) is 1. The SMILES string of the molecule is COC(=O)c1ccc(OCc2cncs2)cc1. The summed E-state index contributed by atoms with van der Waals surface area (Å²) in [5.74, 6) is 0.366. The minimum absolute atomic E-state index is 0.348. The number of esters is 1. The lowest BCUT2D eigenvalue weighted by atomic mass is 10.2. The summed E-state index contributed by atoms with van der Waals surface area (Å²) in [4.78, 5) is 16.2. The minimum atomic E-state index is -0.348. The predicted molar refractivity (Wildman–Crippen MR) is 64.2 cm³/mol. The van der Waals surface area contributed by atoms with Crippen LogP contribution in [0.15, 0.2) is 36.0 Å². The fourth-order valence-corrected chi connectivity index (χ4v) is 1.78. The highest BCUT2D eigenvalue weighted by atomic mass is 32.1. The van der Waals surface area contributed by atoms with Gasteiger partial charge in [0, 0.05) is 6.20 Å². The highest BCUT2D eigenvalue weighted by Crippen LogP contribution is 2.15. The Morgan fingerprint density at radius 3 is 2.71 bits per heavy atom. The smallest absolute Gasteiger partial charge is 0.337 e. The standard InChI is InChI=1S/C12H11NO3S/c1-15-12(14)9-2-4-10(5-3-9)16-7-11-6-13-8-17-11/h2-6,8H,7H2,1H3. The first-order chi connectivity index (χ1) is 8.29. The number of hydrogen-bond donors (Lipinski definition) is 0. The summed E-state index contributed by atoms with van der Waals surface area (Å²) in [6.07, 6.45) is 1.77. The van der Waals surface area contributed by atoms with E-state index in [1.165, 1.54) is 7.11 Å². The normalized spacial score (nSPS) is 9.94. The molecule has 0 aliphatic rings. The van der Waals surface area contributed by atoms with Crippen molar-refractivity contribution in [3.8, 4) is 5.75 Å². The molecule has 5 heteroatoms. The Hall–Kier alpha value is -1.88. The number of aromatic nitrogens is 1. The van der Waals surface area contributed by atoms with Gasteiger partial charge in [0.25, 0.3) is 0 Å². The summed E-state index contributed by atoms with van der Waals surface area (Å²) in [5.41, 5.74) is 2.27. The molecule has 0 saturated carbocycles. The largest absolute Gasteiger partial charge is 0.488 e. The van der Waals surface area contributed by atoms with E-state index >= 15 is 0 Å². The van der Waals surface area contributed by atoms with Crippen molar-refractivity contribution in [2.24, 2.45) is 0 Å². The number of rotatable bonds is 4. The number of carbonyl (C=O) groups is 1. The van der Waals surface area contributed by atoms with Gasteiger partial charge >= 0.3 is 5.97 Å². The van der Waals surface area contributed by atoms with Crippen LogP contribution in [0.4, 0.5) is 0 Å². The zero-order valence-corrected chi connectivity index (χ0v) is 10.1. The molecule has 1 aromatic heterocycles. The maximum atomic E-state index is 11.2. The summed E-state index contributed by atoms with van der Waals surface area (Å²) >= 11 is 1.54. The van der Waals surface area contributed by atoms with Gasteiger partial charge in [-0.15, -0.1) is 11.3 Å². The molecule has 4 nitrogen and oxygen atoms in total.